The topological polar surface area (TPSA) is 105 Å². The summed E-state index contributed by atoms with van der Waals surface area (Å²) >= 11 is 6.04. The van der Waals surface area contributed by atoms with E-state index in [1.165, 1.54) is 30.1 Å². The molecule has 10 heteroatoms. The van der Waals surface area contributed by atoms with Crippen LogP contribution in [0.2, 0.25) is 5.02 Å². The maximum Gasteiger partial charge on any atom is 0.254 e. The summed E-state index contributed by atoms with van der Waals surface area (Å²) in [7, 11) is -0.874. The number of amides is 2. The molecule has 1 rings (SSSR count). The summed E-state index contributed by atoms with van der Waals surface area (Å²) < 4.78 is 32.5. The lowest BCUT2D eigenvalue weighted by atomic mass is 10.1. The number of sulfonamides is 1. The predicted molar refractivity (Wildman–Crippen MR) is 108 cm³/mol. The number of nitrogens with one attached hydrogen (secondary N) is 2. The summed E-state index contributed by atoms with van der Waals surface area (Å²) in [5, 5.41) is 2.69. The molecule has 0 atom stereocenters. The highest BCUT2D eigenvalue weighted by atomic mass is 35.5. The molecule has 2 amide bonds. The number of carbonyl (C=O) groups excluding carboxylic acids is 2. The predicted octanol–water partition coefficient (Wildman–Crippen LogP) is 1.64. The maximum absolute atomic E-state index is 12.6. The first-order valence-corrected chi connectivity index (χ1v) is 10.6. The van der Waals surface area contributed by atoms with Crippen molar-refractivity contribution in [1.29, 1.82) is 0 Å². The van der Waals surface area contributed by atoms with Crippen molar-refractivity contribution >= 4 is 33.4 Å². The Morgan fingerprint density at radius 3 is 2.46 bits per heavy atom. The van der Waals surface area contributed by atoms with Crippen LogP contribution in [-0.2, 0) is 19.6 Å². The van der Waals surface area contributed by atoms with Crippen LogP contribution in [0.25, 0.3) is 0 Å². The summed E-state index contributed by atoms with van der Waals surface area (Å²) in [5.74, 6) is -0.806. The van der Waals surface area contributed by atoms with Gasteiger partial charge < -0.3 is 15.0 Å². The third-order valence-corrected chi connectivity index (χ3v) is 5.72. The summed E-state index contributed by atoms with van der Waals surface area (Å²) in [4.78, 5) is 25.5. The van der Waals surface area contributed by atoms with Crippen molar-refractivity contribution in [3.8, 4) is 0 Å². The van der Waals surface area contributed by atoms with Gasteiger partial charge in [-0.05, 0) is 45.4 Å². The molecule has 0 aliphatic carbocycles. The summed E-state index contributed by atoms with van der Waals surface area (Å²) in [6.45, 7) is 5.92. The van der Waals surface area contributed by atoms with Gasteiger partial charge in [0, 0.05) is 38.4 Å². The average molecular weight is 434 g/mol. The molecule has 158 valence electrons. The number of carbonyl (C=O) groups is 2. The van der Waals surface area contributed by atoms with Crippen LogP contribution >= 0.6 is 11.6 Å². The van der Waals surface area contributed by atoms with E-state index >= 15 is 0 Å². The quantitative estimate of drug-likeness (QED) is 0.576. The van der Waals surface area contributed by atoms with E-state index in [2.05, 4.69) is 10.0 Å². The van der Waals surface area contributed by atoms with Crippen molar-refractivity contribution in [1.82, 2.24) is 14.9 Å². The van der Waals surface area contributed by atoms with Gasteiger partial charge in [-0.3, -0.25) is 9.59 Å². The van der Waals surface area contributed by atoms with Crippen LogP contribution in [0.1, 0.15) is 37.6 Å². The molecular formula is C18H28ClN3O5S. The van der Waals surface area contributed by atoms with Crippen molar-refractivity contribution in [2.24, 2.45) is 0 Å². The zero-order valence-corrected chi connectivity index (χ0v) is 18.4. The Labute approximate surface area is 171 Å². The van der Waals surface area contributed by atoms with E-state index in [0.29, 0.717) is 19.6 Å². The van der Waals surface area contributed by atoms with Gasteiger partial charge >= 0.3 is 0 Å². The highest BCUT2D eigenvalue weighted by Gasteiger charge is 2.26. The Morgan fingerprint density at radius 2 is 1.89 bits per heavy atom. The minimum Gasteiger partial charge on any atom is -0.385 e. The first-order chi connectivity index (χ1) is 12.9. The van der Waals surface area contributed by atoms with E-state index < -0.39 is 21.5 Å². The lowest BCUT2D eigenvalue weighted by molar-refractivity contribution is -0.121. The molecular weight excluding hydrogens is 406 g/mol. The van der Waals surface area contributed by atoms with Gasteiger partial charge in [-0.1, -0.05) is 11.6 Å². The number of rotatable bonds is 9. The molecule has 0 aliphatic heterocycles. The first kappa shape index (κ1) is 24.4. The first-order valence-electron chi connectivity index (χ1n) is 8.72. The molecule has 0 aliphatic rings. The lowest BCUT2D eigenvalue weighted by Crippen LogP contribution is -2.41. The number of halogens is 1. The number of ether oxygens (including phenoxy) is 1. The summed E-state index contributed by atoms with van der Waals surface area (Å²) in [6.07, 6.45) is 0.666. The van der Waals surface area contributed by atoms with Crippen molar-refractivity contribution in [2.75, 3.05) is 33.9 Å². The molecule has 0 unspecified atom stereocenters. The summed E-state index contributed by atoms with van der Waals surface area (Å²) in [6, 6.07) is 3.99. The monoisotopic (exact) mass is 433 g/mol. The van der Waals surface area contributed by atoms with Crippen LogP contribution in [0, 0.1) is 0 Å². The average Bonchev–Trinajstić information content (AvgIpc) is 2.56. The number of hydrogen-bond donors (Lipinski definition) is 2. The molecule has 0 radical (unpaired) electrons. The second kappa shape index (κ2) is 10.2. The fraction of sp³-hybridized carbons (Fsp3) is 0.556. The summed E-state index contributed by atoms with van der Waals surface area (Å²) in [5.41, 5.74) is -0.590. The highest BCUT2D eigenvalue weighted by Crippen LogP contribution is 2.24. The van der Waals surface area contributed by atoms with Crippen molar-refractivity contribution in [3.63, 3.8) is 0 Å². The van der Waals surface area contributed by atoms with Crippen molar-refractivity contribution < 1.29 is 22.7 Å². The van der Waals surface area contributed by atoms with Crippen LogP contribution in [0.4, 0.5) is 0 Å². The molecule has 0 saturated carbocycles. The van der Waals surface area contributed by atoms with Crippen LogP contribution in [0.5, 0.6) is 0 Å². The van der Waals surface area contributed by atoms with Crippen LogP contribution < -0.4 is 10.0 Å². The second-order valence-corrected chi connectivity index (χ2v) is 9.42. The Kier molecular flexibility index (Phi) is 8.87. The molecule has 1 aromatic rings. The van der Waals surface area contributed by atoms with E-state index in [1.54, 1.807) is 27.9 Å². The third-order valence-electron chi connectivity index (χ3n) is 3.48. The Balaban J connectivity index is 2.90. The number of hydrogen-bond acceptors (Lipinski definition) is 5. The smallest absolute Gasteiger partial charge is 0.254 e. The van der Waals surface area contributed by atoms with Gasteiger partial charge in [-0.25, -0.2) is 13.1 Å². The molecule has 1 aromatic carbocycles. The molecule has 2 N–H and O–H groups in total. The minimum atomic E-state index is -3.91. The number of benzene rings is 1. The molecule has 0 saturated heterocycles. The normalized spacial score (nSPS) is 11.9. The van der Waals surface area contributed by atoms with Crippen LogP contribution in [0.3, 0.4) is 0 Å². The van der Waals surface area contributed by atoms with E-state index in [0.717, 1.165) is 0 Å². The lowest BCUT2D eigenvalue weighted by Gasteiger charge is -2.21. The molecule has 0 heterocycles. The van der Waals surface area contributed by atoms with E-state index in [1.807, 2.05) is 0 Å². The fourth-order valence-electron chi connectivity index (χ4n) is 2.31. The van der Waals surface area contributed by atoms with Gasteiger partial charge in [0.2, 0.25) is 15.9 Å². The molecule has 0 bridgehead atoms. The molecule has 8 nitrogen and oxygen atoms in total. The number of methoxy groups -OCH3 is 1. The minimum absolute atomic E-state index is 0.00633. The molecule has 0 fully saturated rings. The van der Waals surface area contributed by atoms with Crippen LogP contribution in [0.15, 0.2) is 23.1 Å². The Morgan fingerprint density at radius 1 is 1.25 bits per heavy atom. The fourth-order valence-corrected chi connectivity index (χ4v) is 4.25. The van der Waals surface area contributed by atoms with Gasteiger partial charge in [0.15, 0.2) is 0 Å². The number of nitrogens with zero attached hydrogens (tertiary/aromatic N) is 1. The highest BCUT2D eigenvalue weighted by molar-refractivity contribution is 7.89. The molecule has 0 aromatic heterocycles. The van der Waals surface area contributed by atoms with E-state index in [-0.39, 0.29) is 27.9 Å². The van der Waals surface area contributed by atoms with Gasteiger partial charge in [-0.15, -0.1) is 0 Å². The van der Waals surface area contributed by atoms with Crippen molar-refractivity contribution in [2.45, 2.75) is 37.6 Å². The van der Waals surface area contributed by atoms with Crippen LogP contribution in [-0.4, -0.2) is 64.5 Å². The zero-order valence-electron chi connectivity index (χ0n) is 16.8. The molecule has 28 heavy (non-hydrogen) atoms. The second-order valence-electron chi connectivity index (χ2n) is 7.36. The van der Waals surface area contributed by atoms with Gasteiger partial charge in [0.1, 0.15) is 4.90 Å². The largest absolute Gasteiger partial charge is 0.385 e. The molecule has 0 spiro atoms. The van der Waals surface area contributed by atoms with E-state index in [9.17, 15) is 18.0 Å². The third kappa shape index (κ3) is 7.75. The standard InChI is InChI=1S/C18H28ClN3O5S/c1-18(2,3)21-28(25,26)15-11-13(7-8-14(15)19)17(24)22(4)12-16(23)20-9-6-10-27-5/h7-8,11,21H,6,9-10,12H2,1-5H3,(H,20,23). The van der Waals surface area contributed by atoms with E-state index in [4.69, 9.17) is 16.3 Å². The van der Waals surface area contributed by atoms with Gasteiger partial charge in [-0.2, -0.15) is 0 Å². The van der Waals surface area contributed by atoms with Gasteiger partial charge in [0.25, 0.3) is 5.91 Å². The van der Waals surface area contributed by atoms with Crippen molar-refractivity contribution in [3.05, 3.63) is 28.8 Å². The number of likely N-dealkylation sites (N-methyl/N-ethyl adjacent to an activating group) is 1. The Hall–Kier alpha value is -1.68. The SMILES string of the molecule is COCCCNC(=O)CN(C)C(=O)c1ccc(Cl)c(S(=O)(=O)NC(C)(C)C)c1. The zero-order chi connectivity index (χ0) is 21.5. The van der Waals surface area contributed by atoms with Gasteiger partial charge in [0.05, 0.1) is 11.6 Å². The maximum atomic E-state index is 12.6. The Bertz CT molecular complexity index is 806.